The Kier molecular flexibility index (Phi) is 8.90. The maximum atomic E-state index is 9.87. The molecule has 21 heavy (non-hydrogen) atoms. The van der Waals surface area contributed by atoms with Gasteiger partial charge in [0.15, 0.2) is 0 Å². The van der Waals surface area contributed by atoms with Crippen LogP contribution in [0.15, 0.2) is 36.9 Å². The summed E-state index contributed by atoms with van der Waals surface area (Å²) in [7, 11) is -10.7. The van der Waals surface area contributed by atoms with Gasteiger partial charge in [-0.05, 0) is 37.7 Å². The zero-order valence-electron chi connectivity index (χ0n) is 10.6. The van der Waals surface area contributed by atoms with Crippen molar-refractivity contribution in [1.29, 1.82) is 0 Å². The van der Waals surface area contributed by atoms with Crippen molar-refractivity contribution in [2.24, 2.45) is 0 Å². The Morgan fingerprint density at radius 3 is 1.19 bits per heavy atom. The first-order valence-corrected chi connectivity index (χ1v) is 7.32. The second-order valence-electron chi connectivity index (χ2n) is 3.54. The zero-order chi connectivity index (χ0) is 15.8. The molecule has 121 valence electrons. The van der Waals surface area contributed by atoms with Gasteiger partial charge in [-0.1, -0.05) is 43.0 Å². The van der Waals surface area contributed by atoms with Crippen LogP contribution in [0.1, 0.15) is 5.56 Å². The van der Waals surface area contributed by atoms with Crippen LogP contribution in [-0.2, 0) is 17.1 Å². The third-order valence-corrected chi connectivity index (χ3v) is 1.59. The molecule has 0 nitrogen and oxygen atoms in total. The molecule has 0 spiro atoms. The summed E-state index contributed by atoms with van der Waals surface area (Å²) in [5, 5.41) is 0. The molecule has 0 atom stereocenters. The third-order valence-electron chi connectivity index (χ3n) is 1.59. The van der Waals surface area contributed by atoms with Gasteiger partial charge in [0.1, 0.15) is 0 Å². The summed E-state index contributed by atoms with van der Waals surface area (Å²) < 4.78 is 59.2. The third kappa shape index (κ3) is 28.4. The van der Waals surface area contributed by atoms with Crippen LogP contribution >= 0.6 is 7.81 Å². The van der Waals surface area contributed by atoms with E-state index >= 15 is 0 Å². The van der Waals surface area contributed by atoms with Crippen LogP contribution in [0.3, 0.4) is 0 Å². The van der Waals surface area contributed by atoms with Gasteiger partial charge >= 0.3 is 33.0 Å². The van der Waals surface area contributed by atoms with Crippen LogP contribution in [-0.4, -0.2) is 0 Å². The van der Waals surface area contributed by atoms with Gasteiger partial charge in [-0.2, -0.15) is 0 Å². The van der Waals surface area contributed by atoms with Crippen molar-refractivity contribution in [1.82, 2.24) is 0 Å². The van der Waals surface area contributed by atoms with Gasteiger partial charge in [0.25, 0.3) is 0 Å². The summed E-state index contributed by atoms with van der Waals surface area (Å²) in [6, 6.07) is 10.0. The topological polar surface area (TPSA) is 0 Å². The normalized spacial score (nSPS) is 16.7. The monoisotopic (exact) mass is 370 g/mol. The van der Waals surface area contributed by atoms with E-state index in [4.69, 9.17) is 0 Å². The Morgan fingerprint density at radius 2 is 1.00 bits per heavy atom. The maximum Gasteiger partial charge on any atom is 0 e. The van der Waals surface area contributed by atoms with Crippen LogP contribution < -0.4 is 0 Å². The standard InChI is InChI=1S/C8H8.C5H5.F6P.Fe/c1-2-8-6-4-3-5-7-8;1-2-4-5-3-1;1-7(2,3,4,5)6;/h2-7H,1H2;1-5H;;/q;;-1;. The predicted octanol–water partition coefficient (Wildman–Crippen LogP) is 6.73. The fourth-order valence-corrected chi connectivity index (χ4v) is 0.910. The number of benzene rings is 1. The minimum absolute atomic E-state index is 0. The van der Waals surface area contributed by atoms with Crippen LogP contribution in [0.2, 0.25) is 0 Å². The Morgan fingerprint density at radius 1 is 0.714 bits per heavy atom. The molecule has 8 heteroatoms. The Balaban J connectivity index is 0. The quantitative estimate of drug-likeness (QED) is 0.292. The van der Waals surface area contributed by atoms with Gasteiger partial charge in [0, 0.05) is 17.1 Å². The van der Waals surface area contributed by atoms with Crippen molar-refractivity contribution >= 4 is 13.9 Å². The molecular formula is C13H13F6FeP-. The molecule has 5 radical (unpaired) electrons. The average Bonchev–Trinajstić information content (AvgIpc) is 2.84. The molecule has 1 aromatic carbocycles. The largest absolute Gasteiger partial charge is 0.0312 e. The van der Waals surface area contributed by atoms with Crippen molar-refractivity contribution < 1.29 is 42.3 Å². The molecule has 1 saturated carbocycles. The van der Waals surface area contributed by atoms with Crippen LogP contribution in [0, 0.1) is 32.1 Å². The molecule has 0 aliphatic heterocycles. The molecule has 1 aliphatic rings. The van der Waals surface area contributed by atoms with Gasteiger partial charge in [-0.25, -0.2) is 0 Å². The second kappa shape index (κ2) is 8.21. The Bertz CT molecular complexity index is 377. The molecule has 0 unspecified atom stereocenters. The minimum Gasteiger partial charge on any atom is -0.0312 e. The fourth-order valence-electron chi connectivity index (χ4n) is 0.910. The van der Waals surface area contributed by atoms with Crippen molar-refractivity contribution in [3.8, 4) is 0 Å². The molecule has 1 fully saturated rings. The zero-order valence-corrected chi connectivity index (χ0v) is 12.6. The molecule has 0 N–H and O–H groups in total. The van der Waals surface area contributed by atoms with E-state index < -0.39 is 7.81 Å². The van der Waals surface area contributed by atoms with Crippen molar-refractivity contribution in [3.63, 3.8) is 0 Å². The molecule has 0 bridgehead atoms. The van der Waals surface area contributed by atoms with E-state index in [0.717, 1.165) is 0 Å². The Labute approximate surface area is 131 Å². The number of rotatable bonds is 1. The van der Waals surface area contributed by atoms with E-state index in [0.29, 0.717) is 0 Å². The summed E-state index contributed by atoms with van der Waals surface area (Å²) in [6.45, 7) is 3.63. The summed E-state index contributed by atoms with van der Waals surface area (Å²) in [6.07, 6.45) is 11.8. The van der Waals surface area contributed by atoms with E-state index in [9.17, 15) is 25.2 Å². The Hall–Kier alpha value is -0.511. The van der Waals surface area contributed by atoms with Gasteiger partial charge in [0.2, 0.25) is 0 Å². The van der Waals surface area contributed by atoms with Crippen LogP contribution in [0.25, 0.3) is 6.08 Å². The smallest absolute Gasteiger partial charge is 0 e. The summed E-state index contributed by atoms with van der Waals surface area (Å²) in [5.41, 5.74) is 1.17. The van der Waals surface area contributed by atoms with E-state index in [2.05, 4.69) is 6.58 Å². The molecule has 1 aliphatic carbocycles. The van der Waals surface area contributed by atoms with Crippen molar-refractivity contribution in [2.45, 2.75) is 0 Å². The SMILES string of the molecule is C=Cc1ccccc1.F[P-](F)(F)(F)(F)F.[CH]1[CH][CH][CH][CH]1.[Fe]. The molecular weight excluding hydrogens is 357 g/mol. The van der Waals surface area contributed by atoms with Gasteiger partial charge in [-0.15, -0.1) is 0 Å². The number of halogens is 6. The number of hydrogen-bond donors (Lipinski definition) is 0. The van der Waals surface area contributed by atoms with E-state index in [1.54, 1.807) is 0 Å². The molecule has 0 amide bonds. The van der Waals surface area contributed by atoms with Gasteiger partial charge < -0.3 is 0 Å². The van der Waals surface area contributed by atoms with Gasteiger partial charge in [0.05, 0.1) is 0 Å². The minimum atomic E-state index is -10.7. The molecule has 1 aromatic rings. The average molecular weight is 370 g/mol. The van der Waals surface area contributed by atoms with Crippen LogP contribution in [0.5, 0.6) is 0 Å². The maximum absolute atomic E-state index is 10.7. The first kappa shape index (κ1) is 22.8. The summed E-state index contributed by atoms with van der Waals surface area (Å²) in [4.78, 5) is 0. The van der Waals surface area contributed by atoms with Gasteiger partial charge in [-0.3, -0.25) is 0 Å². The summed E-state index contributed by atoms with van der Waals surface area (Å²) >= 11 is 0. The van der Waals surface area contributed by atoms with E-state index in [1.165, 1.54) is 5.56 Å². The first-order valence-electron chi connectivity index (χ1n) is 5.29. The van der Waals surface area contributed by atoms with Crippen molar-refractivity contribution in [2.75, 3.05) is 0 Å². The van der Waals surface area contributed by atoms with Crippen LogP contribution in [0.4, 0.5) is 25.2 Å². The second-order valence-corrected chi connectivity index (χ2v) is 5.45. The summed E-state index contributed by atoms with van der Waals surface area (Å²) in [5.74, 6) is 0. The fraction of sp³-hybridized carbons (Fsp3) is 0. The molecule has 0 heterocycles. The molecule has 2 rings (SSSR count). The molecule has 0 aromatic heterocycles. The van der Waals surface area contributed by atoms with E-state index in [-0.39, 0.29) is 17.1 Å². The molecule has 0 saturated heterocycles. The first-order chi connectivity index (χ1) is 8.88. The van der Waals surface area contributed by atoms with Crippen molar-refractivity contribution in [3.05, 3.63) is 74.6 Å². The van der Waals surface area contributed by atoms with E-state index in [1.807, 2.05) is 68.5 Å². The predicted molar refractivity (Wildman–Crippen MR) is 71.6 cm³/mol. The number of hydrogen-bond acceptors (Lipinski definition) is 0.